The van der Waals surface area contributed by atoms with Gasteiger partial charge in [0.25, 0.3) is 5.91 Å². The van der Waals surface area contributed by atoms with Crippen molar-refractivity contribution >= 4 is 5.91 Å². The third-order valence-electron chi connectivity index (χ3n) is 5.44. The first-order valence-corrected chi connectivity index (χ1v) is 10.9. The Morgan fingerprint density at radius 3 is 2.21 bits per heavy atom. The topological polar surface area (TPSA) is 94.8 Å². The minimum absolute atomic E-state index is 0.0162. The highest BCUT2D eigenvalue weighted by atomic mass is 16.5. The van der Waals surface area contributed by atoms with Gasteiger partial charge < -0.3 is 19.1 Å². The molecule has 0 spiro atoms. The van der Waals surface area contributed by atoms with Gasteiger partial charge in [-0.25, -0.2) is 0 Å². The number of tetrazole rings is 1. The number of aromatic nitrogens is 4. The van der Waals surface area contributed by atoms with Crippen molar-refractivity contribution in [3.05, 3.63) is 54.4 Å². The standard InChI is InChI=1S/C23H28N6O4/c1-3-32-20-6-4-18(5-7-20)29-22(24-25-26-29)16-27-12-14-28(15-13-27)23(30)17-33-21-10-8-19(31-2)9-11-21/h4-11H,3,12-17H2,1-2H3. The first-order chi connectivity index (χ1) is 16.2. The number of hydrogen-bond acceptors (Lipinski definition) is 8. The molecule has 0 atom stereocenters. The smallest absolute Gasteiger partial charge is 0.260 e. The summed E-state index contributed by atoms with van der Waals surface area (Å²) in [6.07, 6.45) is 0. The van der Waals surface area contributed by atoms with Gasteiger partial charge in [-0.1, -0.05) is 0 Å². The van der Waals surface area contributed by atoms with Crippen LogP contribution in [0.4, 0.5) is 0 Å². The van der Waals surface area contributed by atoms with Gasteiger partial charge >= 0.3 is 0 Å². The highest BCUT2D eigenvalue weighted by Crippen LogP contribution is 2.18. The summed E-state index contributed by atoms with van der Waals surface area (Å²) in [5.41, 5.74) is 0.878. The van der Waals surface area contributed by atoms with Gasteiger partial charge in [0.1, 0.15) is 17.2 Å². The van der Waals surface area contributed by atoms with E-state index in [4.69, 9.17) is 14.2 Å². The summed E-state index contributed by atoms with van der Waals surface area (Å²) in [6.45, 7) is 5.94. The molecule has 3 aromatic rings. The van der Waals surface area contributed by atoms with Crippen molar-refractivity contribution in [2.45, 2.75) is 13.5 Å². The molecule has 0 N–H and O–H groups in total. The van der Waals surface area contributed by atoms with Crippen LogP contribution in [0.25, 0.3) is 5.69 Å². The van der Waals surface area contributed by atoms with E-state index in [1.807, 2.05) is 36.1 Å². The van der Waals surface area contributed by atoms with Crippen molar-refractivity contribution in [2.75, 3.05) is 46.5 Å². The van der Waals surface area contributed by atoms with Crippen LogP contribution < -0.4 is 14.2 Å². The summed E-state index contributed by atoms with van der Waals surface area (Å²) in [5, 5.41) is 12.2. The SMILES string of the molecule is CCOc1ccc(-n2nnnc2CN2CCN(C(=O)COc3ccc(OC)cc3)CC2)cc1. The second kappa shape index (κ2) is 10.8. The molecule has 174 valence electrons. The summed E-state index contributed by atoms with van der Waals surface area (Å²) >= 11 is 0. The summed E-state index contributed by atoms with van der Waals surface area (Å²) in [5.74, 6) is 2.93. The second-order valence-corrected chi connectivity index (χ2v) is 7.55. The number of methoxy groups -OCH3 is 1. The number of benzene rings is 2. The molecule has 1 fully saturated rings. The number of piperazine rings is 1. The molecule has 2 aromatic carbocycles. The molecule has 1 amide bonds. The van der Waals surface area contributed by atoms with Crippen LogP contribution in [0.3, 0.4) is 0 Å². The zero-order valence-corrected chi connectivity index (χ0v) is 18.9. The van der Waals surface area contributed by atoms with E-state index in [1.54, 1.807) is 36.1 Å². The zero-order valence-electron chi connectivity index (χ0n) is 18.9. The Kier molecular flexibility index (Phi) is 7.36. The predicted molar refractivity (Wildman–Crippen MR) is 121 cm³/mol. The quantitative estimate of drug-likeness (QED) is 0.485. The molecule has 33 heavy (non-hydrogen) atoms. The molecule has 1 aromatic heterocycles. The Morgan fingerprint density at radius 1 is 0.909 bits per heavy atom. The van der Waals surface area contributed by atoms with E-state index in [0.29, 0.717) is 32.0 Å². The molecule has 0 unspecified atom stereocenters. The minimum Gasteiger partial charge on any atom is -0.497 e. The zero-order chi connectivity index (χ0) is 23.0. The molecule has 10 heteroatoms. The number of ether oxygens (including phenoxy) is 3. The Hall–Kier alpha value is -3.66. The van der Waals surface area contributed by atoms with Gasteiger partial charge in [-0.3, -0.25) is 9.69 Å². The van der Waals surface area contributed by atoms with Gasteiger partial charge in [-0.2, -0.15) is 4.68 Å². The van der Waals surface area contributed by atoms with Crippen molar-refractivity contribution in [3.63, 3.8) is 0 Å². The molecule has 1 aliphatic rings. The number of carbonyl (C=O) groups excluding carboxylic acids is 1. The molecule has 0 saturated carbocycles. The molecule has 1 aliphatic heterocycles. The van der Waals surface area contributed by atoms with Crippen molar-refractivity contribution in [1.82, 2.24) is 30.0 Å². The normalized spacial score (nSPS) is 14.2. The lowest BCUT2D eigenvalue weighted by atomic mass is 10.3. The fourth-order valence-electron chi connectivity index (χ4n) is 3.62. The average molecular weight is 453 g/mol. The second-order valence-electron chi connectivity index (χ2n) is 7.55. The fourth-order valence-corrected chi connectivity index (χ4v) is 3.62. The lowest BCUT2D eigenvalue weighted by Crippen LogP contribution is -2.49. The summed E-state index contributed by atoms with van der Waals surface area (Å²) in [7, 11) is 1.61. The first-order valence-electron chi connectivity index (χ1n) is 10.9. The average Bonchev–Trinajstić information content (AvgIpc) is 3.32. The van der Waals surface area contributed by atoms with E-state index in [0.717, 1.165) is 36.1 Å². The molecule has 10 nitrogen and oxygen atoms in total. The molecule has 2 heterocycles. The Morgan fingerprint density at radius 2 is 1.55 bits per heavy atom. The van der Waals surface area contributed by atoms with Gasteiger partial charge in [-0.15, -0.1) is 5.10 Å². The van der Waals surface area contributed by atoms with Gasteiger partial charge in [0.15, 0.2) is 12.4 Å². The maximum absolute atomic E-state index is 12.5. The van der Waals surface area contributed by atoms with Crippen LogP contribution in [0.15, 0.2) is 48.5 Å². The van der Waals surface area contributed by atoms with E-state index in [1.165, 1.54) is 0 Å². The number of amides is 1. The monoisotopic (exact) mass is 452 g/mol. The van der Waals surface area contributed by atoms with Gasteiger partial charge in [-0.05, 0) is 65.9 Å². The highest BCUT2D eigenvalue weighted by molar-refractivity contribution is 5.77. The van der Waals surface area contributed by atoms with E-state index < -0.39 is 0 Å². The molecule has 0 bridgehead atoms. The van der Waals surface area contributed by atoms with Crippen LogP contribution in [-0.4, -0.2) is 82.4 Å². The van der Waals surface area contributed by atoms with Crippen LogP contribution in [-0.2, 0) is 11.3 Å². The largest absolute Gasteiger partial charge is 0.497 e. The molecule has 1 saturated heterocycles. The van der Waals surface area contributed by atoms with Crippen molar-refractivity contribution < 1.29 is 19.0 Å². The molecule has 0 aliphatic carbocycles. The number of nitrogens with zero attached hydrogens (tertiary/aromatic N) is 6. The third-order valence-corrected chi connectivity index (χ3v) is 5.44. The number of hydrogen-bond donors (Lipinski definition) is 0. The molecule has 4 rings (SSSR count). The van der Waals surface area contributed by atoms with E-state index >= 15 is 0 Å². The maximum atomic E-state index is 12.5. The van der Waals surface area contributed by atoms with Gasteiger partial charge in [0, 0.05) is 26.2 Å². The van der Waals surface area contributed by atoms with Crippen LogP contribution in [0.2, 0.25) is 0 Å². The Bertz CT molecular complexity index is 1030. The summed E-state index contributed by atoms with van der Waals surface area (Å²) in [6, 6.07) is 14.9. The third kappa shape index (κ3) is 5.78. The van der Waals surface area contributed by atoms with Gasteiger partial charge in [0.05, 0.1) is 25.9 Å². The van der Waals surface area contributed by atoms with Crippen LogP contribution in [0.1, 0.15) is 12.7 Å². The van der Waals surface area contributed by atoms with Crippen molar-refractivity contribution in [2.24, 2.45) is 0 Å². The van der Waals surface area contributed by atoms with E-state index in [-0.39, 0.29) is 12.5 Å². The number of rotatable bonds is 9. The summed E-state index contributed by atoms with van der Waals surface area (Å²) < 4.78 is 18.0. The van der Waals surface area contributed by atoms with E-state index in [9.17, 15) is 4.79 Å². The van der Waals surface area contributed by atoms with Crippen molar-refractivity contribution in [1.29, 1.82) is 0 Å². The fraction of sp³-hybridized carbons (Fsp3) is 0.391. The molecular weight excluding hydrogens is 424 g/mol. The lowest BCUT2D eigenvalue weighted by molar-refractivity contribution is -0.135. The Balaban J connectivity index is 1.26. The first kappa shape index (κ1) is 22.5. The maximum Gasteiger partial charge on any atom is 0.260 e. The van der Waals surface area contributed by atoms with Crippen LogP contribution >= 0.6 is 0 Å². The lowest BCUT2D eigenvalue weighted by Gasteiger charge is -2.34. The van der Waals surface area contributed by atoms with Gasteiger partial charge in [0.2, 0.25) is 0 Å². The van der Waals surface area contributed by atoms with Crippen LogP contribution in [0, 0.1) is 0 Å². The molecule has 0 radical (unpaired) electrons. The van der Waals surface area contributed by atoms with Crippen LogP contribution in [0.5, 0.6) is 17.2 Å². The number of carbonyl (C=O) groups is 1. The predicted octanol–water partition coefficient (Wildman–Crippen LogP) is 1.79. The summed E-state index contributed by atoms with van der Waals surface area (Å²) in [4.78, 5) is 16.6. The molecular formula is C23H28N6O4. The highest BCUT2D eigenvalue weighted by Gasteiger charge is 2.23. The van der Waals surface area contributed by atoms with Crippen molar-refractivity contribution in [3.8, 4) is 22.9 Å². The van der Waals surface area contributed by atoms with E-state index in [2.05, 4.69) is 20.4 Å². The minimum atomic E-state index is -0.0234. The Labute approximate surface area is 192 Å².